The first kappa shape index (κ1) is 35.0. The summed E-state index contributed by atoms with van der Waals surface area (Å²) in [5.74, 6) is 1.07. The second-order valence-corrected chi connectivity index (χ2v) is 13.0. The van der Waals surface area contributed by atoms with Crippen molar-refractivity contribution in [2.75, 3.05) is 40.5 Å². The Labute approximate surface area is 289 Å². The molecule has 3 aliphatic rings. The summed E-state index contributed by atoms with van der Waals surface area (Å²) in [5, 5.41) is 6.11. The van der Waals surface area contributed by atoms with Crippen LogP contribution in [-0.4, -0.2) is 54.1 Å². The molecule has 2 aliphatic heterocycles. The van der Waals surface area contributed by atoms with E-state index in [2.05, 4.69) is 40.4 Å². The Morgan fingerprint density at radius 3 is 2.44 bits per heavy atom. The van der Waals surface area contributed by atoms with Crippen LogP contribution in [0.5, 0.6) is 0 Å². The summed E-state index contributed by atoms with van der Waals surface area (Å²) in [5.41, 5.74) is 5.88. The number of thioether (sulfide) groups is 1. The average molecular weight is 666 g/mol. The minimum absolute atomic E-state index is 0.00576. The van der Waals surface area contributed by atoms with E-state index >= 15 is 0 Å². The summed E-state index contributed by atoms with van der Waals surface area (Å²) in [6, 6.07) is 19.0. The Hall–Kier alpha value is -4.37. The largest absolute Gasteiger partial charge is 0.356 e. The lowest BCUT2D eigenvalue weighted by Gasteiger charge is -2.25. The van der Waals surface area contributed by atoms with Crippen LogP contribution in [0.25, 0.3) is 5.57 Å². The molecule has 0 atom stereocenters. The second kappa shape index (κ2) is 16.6. The lowest BCUT2D eigenvalue weighted by Crippen LogP contribution is -2.32. The van der Waals surface area contributed by atoms with Crippen LogP contribution in [0.4, 0.5) is 17.2 Å². The van der Waals surface area contributed by atoms with E-state index < -0.39 is 0 Å². The normalized spacial score (nSPS) is 15.2. The van der Waals surface area contributed by atoms with Crippen LogP contribution in [-0.2, 0) is 4.79 Å². The first-order valence-corrected chi connectivity index (χ1v) is 18.3. The molecular formula is C39H47N5O3S. The second-order valence-electron chi connectivity index (χ2n) is 12.0. The molecule has 48 heavy (non-hydrogen) atoms. The maximum atomic E-state index is 14.0. The number of amides is 3. The van der Waals surface area contributed by atoms with Crippen LogP contribution >= 0.6 is 11.8 Å². The van der Waals surface area contributed by atoms with E-state index in [1.54, 1.807) is 48.3 Å². The maximum absolute atomic E-state index is 14.0. The van der Waals surface area contributed by atoms with Gasteiger partial charge in [0, 0.05) is 54.4 Å². The van der Waals surface area contributed by atoms with Crippen molar-refractivity contribution in [2.24, 2.45) is 0 Å². The number of nitrogens with one attached hydrogen (secondary N) is 2. The number of anilines is 3. The summed E-state index contributed by atoms with van der Waals surface area (Å²) in [6.45, 7) is 10.5. The number of hydrogen-bond acceptors (Lipinski definition) is 6. The third kappa shape index (κ3) is 8.19. The van der Waals surface area contributed by atoms with Crippen molar-refractivity contribution in [1.29, 1.82) is 0 Å². The Morgan fingerprint density at radius 2 is 1.71 bits per heavy atom. The fourth-order valence-corrected chi connectivity index (χ4v) is 7.02. The van der Waals surface area contributed by atoms with Gasteiger partial charge in [-0.15, -0.1) is 11.8 Å². The van der Waals surface area contributed by atoms with Gasteiger partial charge in [0.1, 0.15) is 5.82 Å². The number of rotatable bonds is 11. The molecule has 1 aliphatic carbocycles. The quantitative estimate of drug-likeness (QED) is 0.215. The molecule has 8 nitrogen and oxygen atoms in total. The number of carbonyl (C=O) groups is 3. The minimum atomic E-state index is -0.228. The van der Waals surface area contributed by atoms with Gasteiger partial charge in [0.25, 0.3) is 17.7 Å². The van der Waals surface area contributed by atoms with Gasteiger partial charge in [-0.1, -0.05) is 52.3 Å². The molecule has 0 bridgehead atoms. The van der Waals surface area contributed by atoms with Crippen LogP contribution in [0.2, 0.25) is 0 Å². The number of fused-ring (bicyclic) bond motifs is 2. The number of nitrogens with zero attached hydrogens (tertiary/aromatic N) is 3. The summed E-state index contributed by atoms with van der Waals surface area (Å²) in [6.07, 6.45) is 9.57. The predicted molar refractivity (Wildman–Crippen MR) is 199 cm³/mol. The predicted octanol–water partition coefficient (Wildman–Crippen LogP) is 8.09. The third-order valence-corrected chi connectivity index (χ3v) is 9.61. The Balaban J connectivity index is 0.00000221. The maximum Gasteiger partial charge on any atom is 0.259 e. The van der Waals surface area contributed by atoms with E-state index in [4.69, 9.17) is 0 Å². The molecule has 1 aromatic heterocycles. The molecule has 0 spiro atoms. The van der Waals surface area contributed by atoms with Crippen LogP contribution < -0.4 is 20.4 Å². The monoisotopic (exact) mass is 665 g/mol. The lowest BCUT2D eigenvalue weighted by molar-refractivity contribution is -0.116. The summed E-state index contributed by atoms with van der Waals surface area (Å²) in [4.78, 5) is 49.5. The van der Waals surface area contributed by atoms with Crippen molar-refractivity contribution >= 4 is 52.2 Å². The number of benzene rings is 2. The molecule has 3 aromatic rings. The van der Waals surface area contributed by atoms with Crippen LogP contribution in [0.3, 0.4) is 0 Å². The topological polar surface area (TPSA) is 94.6 Å². The average Bonchev–Trinajstić information content (AvgIpc) is 3.97. The molecule has 9 heteroatoms. The highest BCUT2D eigenvalue weighted by Gasteiger charge is 2.30. The lowest BCUT2D eigenvalue weighted by atomic mass is 9.98. The Morgan fingerprint density at radius 1 is 0.938 bits per heavy atom. The highest BCUT2D eigenvalue weighted by Crippen LogP contribution is 2.42. The highest BCUT2D eigenvalue weighted by atomic mass is 32.2. The van der Waals surface area contributed by atoms with Crippen LogP contribution in [0.15, 0.2) is 83.4 Å². The van der Waals surface area contributed by atoms with Crippen molar-refractivity contribution in [3.8, 4) is 0 Å². The van der Waals surface area contributed by atoms with Crippen molar-refractivity contribution in [1.82, 2.24) is 10.3 Å². The van der Waals surface area contributed by atoms with Crippen molar-refractivity contribution in [3.05, 3.63) is 100 Å². The van der Waals surface area contributed by atoms with Gasteiger partial charge >= 0.3 is 0 Å². The standard InChI is InChI=1S/C37H41N5O3S.C2H6/c1-3-5-21-41(20-4-2)34-30(10-8-19-38-34)35(43)39-27-14-12-25(13-15-27)37(45)42-22-18-26-23-33(36(44)40-28-16-17-28)46-24-31(26)29-9-6-7-11-32(29)42;1-2/h6-15,19,23,28H,3-5,16-18,20-22,24H2,1-2H3,(H,39,43)(H,40,44);1-2H3. The fourth-order valence-electron chi connectivity index (χ4n) is 5.97. The number of allylic oxidation sites excluding steroid dienone is 1. The summed E-state index contributed by atoms with van der Waals surface area (Å²) < 4.78 is 0. The number of carbonyl (C=O) groups excluding carboxylic acids is 3. The van der Waals surface area contributed by atoms with E-state index in [0.717, 1.165) is 66.9 Å². The highest BCUT2D eigenvalue weighted by molar-refractivity contribution is 8.04. The summed E-state index contributed by atoms with van der Waals surface area (Å²) in [7, 11) is 0. The van der Waals surface area contributed by atoms with Gasteiger partial charge in [-0.3, -0.25) is 14.4 Å². The number of pyridine rings is 1. The molecule has 1 fully saturated rings. The SMILES string of the molecule is CC.CCCCN(CCC)c1ncccc1C(=O)Nc1ccc(C(=O)N2CCC3=C(CSC(C(=O)NC4CC4)=C3)c3ccccc32)cc1. The summed E-state index contributed by atoms with van der Waals surface area (Å²) >= 11 is 1.56. The molecule has 2 aromatic carbocycles. The molecule has 3 amide bonds. The van der Waals surface area contributed by atoms with Gasteiger partial charge in [0.15, 0.2) is 0 Å². The number of unbranched alkanes of at least 4 members (excludes halogenated alkanes) is 1. The molecular weight excluding hydrogens is 619 g/mol. The molecule has 0 saturated heterocycles. The van der Waals surface area contributed by atoms with Gasteiger partial charge in [0.2, 0.25) is 0 Å². The number of aromatic nitrogens is 1. The molecule has 252 valence electrons. The first-order chi connectivity index (χ1) is 23.5. The van der Waals surface area contributed by atoms with Gasteiger partial charge in [-0.25, -0.2) is 4.98 Å². The Bertz CT molecular complexity index is 1680. The van der Waals surface area contributed by atoms with E-state index in [1.807, 2.05) is 49.1 Å². The van der Waals surface area contributed by atoms with Crippen molar-refractivity contribution in [2.45, 2.75) is 72.3 Å². The number of hydrogen-bond donors (Lipinski definition) is 2. The smallest absolute Gasteiger partial charge is 0.259 e. The van der Waals surface area contributed by atoms with Crippen LogP contribution in [0, 0.1) is 0 Å². The van der Waals surface area contributed by atoms with E-state index in [1.165, 1.54) is 5.57 Å². The molecule has 1 saturated carbocycles. The van der Waals surface area contributed by atoms with Gasteiger partial charge in [0.05, 0.1) is 16.2 Å². The third-order valence-electron chi connectivity index (χ3n) is 8.57. The van der Waals surface area contributed by atoms with E-state index in [-0.39, 0.29) is 17.7 Å². The van der Waals surface area contributed by atoms with Gasteiger partial charge in [-0.2, -0.15) is 0 Å². The minimum Gasteiger partial charge on any atom is -0.356 e. The van der Waals surface area contributed by atoms with E-state index in [9.17, 15) is 14.4 Å². The molecule has 6 rings (SSSR count). The zero-order chi connectivity index (χ0) is 34.0. The van der Waals surface area contributed by atoms with Gasteiger partial charge in [-0.05, 0) is 91.8 Å². The zero-order valence-electron chi connectivity index (χ0n) is 28.6. The first-order valence-electron chi connectivity index (χ1n) is 17.4. The zero-order valence-corrected chi connectivity index (χ0v) is 29.4. The van der Waals surface area contributed by atoms with E-state index in [0.29, 0.717) is 47.4 Å². The fraction of sp³-hybridized carbons (Fsp3) is 0.385. The number of para-hydroxylation sites is 1. The van der Waals surface area contributed by atoms with Crippen molar-refractivity contribution < 1.29 is 14.4 Å². The van der Waals surface area contributed by atoms with Gasteiger partial charge < -0.3 is 20.4 Å². The van der Waals surface area contributed by atoms with Crippen LogP contribution in [0.1, 0.15) is 92.5 Å². The molecule has 0 radical (unpaired) electrons. The Kier molecular flexibility index (Phi) is 12.1. The molecule has 2 N–H and O–H groups in total. The van der Waals surface area contributed by atoms with Crippen molar-refractivity contribution in [3.63, 3.8) is 0 Å². The molecule has 0 unspecified atom stereocenters. The molecule has 3 heterocycles.